The van der Waals surface area contributed by atoms with Gasteiger partial charge >= 0.3 is 6.18 Å². The van der Waals surface area contributed by atoms with Crippen LogP contribution in [0, 0.1) is 0 Å². The van der Waals surface area contributed by atoms with E-state index in [-0.39, 0.29) is 6.04 Å². The first-order valence-corrected chi connectivity index (χ1v) is 9.66. The van der Waals surface area contributed by atoms with Crippen molar-refractivity contribution in [1.82, 2.24) is 19.8 Å². The van der Waals surface area contributed by atoms with E-state index in [0.29, 0.717) is 18.2 Å². The average Bonchev–Trinajstić information content (AvgIpc) is 3.18. The van der Waals surface area contributed by atoms with Crippen molar-refractivity contribution in [2.75, 3.05) is 39.9 Å². The first-order chi connectivity index (χ1) is 13.4. The van der Waals surface area contributed by atoms with Crippen molar-refractivity contribution in [2.24, 2.45) is 0 Å². The Balaban J connectivity index is 1.52. The molecule has 2 fully saturated rings. The summed E-state index contributed by atoms with van der Waals surface area (Å²) < 4.78 is 44.0. The normalized spacial score (nSPS) is 23.2. The van der Waals surface area contributed by atoms with Crippen molar-refractivity contribution >= 4 is 0 Å². The summed E-state index contributed by atoms with van der Waals surface area (Å²) in [5.41, 5.74) is 0.761. The van der Waals surface area contributed by atoms with E-state index < -0.39 is 11.7 Å². The molecule has 1 N–H and O–H groups in total. The van der Waals surface area contributed by atoms with Crippen LogP contribution in [0.4, 0.5) is 13.2 Å². The van der Waals surface area contributed by atoms with Crippen LogP contribution in [0.2, 0.25) is 0 Å². The van der Waals surface area contributed by atoms with Crippen molar-refractivity contribution in [3.05, 3.63) is 41.9 Å². The van der Waals surface area contributed by atoms with E-state index in [1.165, 1.54) is 12.1 Å². The van der Waals surface area contributed by atoms with Crippen LogP contribution in [0.1, 0.15) is 30.3 Å². The number of aromatic amines is 1. The van der Waals surface area contributed by atoms with Gasteiger partial charge in [0.05, 0.1) is 36.7 Å². The van der Waals surface area contributed by atoms with Crippen LogP contribution in [0.15, 0.2) is 30.5 Å². The molecular formula is C20H25F3N4O. The number of morpholine rings is 1. The van der Waals surface area contributed by atoms with Crippen LogP contribution in [-0.2, 0) is 10.9 Å². The van der Waals surface area contributed by atoms with Crippen molar-refractivity contribution < 1.29 is 17.9 Å². The van der Waals surface area contributed by atoms with Crippen molar-refractivity contribution in [1.29, 1.82) is 0 Å². The number of rotatable bonds is 3. The molecule has 0 bridgehead atoms. The summed E-state index contributed by atoms with van der Waals surface area (Å²) in [6.07, 6.45) is -0.385. The molecule has 0 spiro atoms. The van der Waals surface area contributed by atoms with E-state index in [0.717, 1.165) is 62.7 Å². The van der Waals surface area contributed by atoms with Crippen molar-refractivity contribution in [2.45, 2.75) is 31.1 Å². The molecule has 0 radical (unpaired) electrons. The van der Waals surface area contributed by atoms with Gasteiger partial charge in [-0.25, -0.2) is 4.98 Å². The van der Waals surface area contributed by atoms with E-state index in [9.17, 15) is 13.2 Å². The molecule has 1 aromatic carbocycles. The van der Waals surface area contributed by atoms with Crippen molar-refractivity contribution in [3.8, 4) is 11.3 Å². The highest BCUT2D eigenvalue weighted by Gasteiger charge is 2.34. The van der Waals surface area contributed by atoms with Gasteiger partial charge in [-0.05, 0) is 50.7 Å². The van der Waals surface area contributed by atoms with Crippen LogP contribution in [-0.4, -0.2) is 65.7 Å². The van der Waals surface area contributed by atoms with Gasteiger partial charge in [0.1, 0.15) is 5.82 Å². The zero-order valence-electron chi connectivity index (χ0n) is 15.9. The maximum absolute atomic E-state index is 12.8. The van der Waals surface area contributed by atoms with Gasteiger partial charge in [0.15, 0.2) is 0 Å². The molecule has 3 heterocycles. The van der Waals surface area contributed by atoms with Gasteiger partial charge in [-0.3, -0.25) is 4.90 Å². The van der Waals surface area contributed by atoms with Gasteiger partial charge < -0.3 is 14.6 Å². The number of aromatic nitrogens is 2. The standard InChI is InChI=1S/C20H25F3N4O/c1-26-8-6-16(7-9-26)27-10-11-28-13-18(27)19-24-12-17(25-19)14-2-4-15(5-3-14)20(21,22)23/h2-5,12,16,18H,6-11,13H2,1H3,(H,24,25). The minimum Gasteiger partial charge on any atom is -0.378 e. The Morgan fingerprint density at radius 1 is 1.11 bits per heavy atom. The summed E-state index contributed by atoms with van der Waals surface area (Å²) in [6, 6.07) is 5.71. The van der Waals surface area contributed by atoms with Crippen LogP contribution in [0.5, 0.6) is 0 Å². The van der Waals surface area contributed by atoms with E-state index in [2.05, 4.69) is 26.8 Å². The quantitative estimate of drug-likeness (QED) is 0.865. The lowest BCUT2D eigenvalue weighted by Gasteiger charge is -2.43. The van der Waals surface area contributed by atoms with E-state index in [1.54, 1.807) is 6.20 Å². The third-order valence-corrected chi connectivity index (χ3v) is 5.76. The number of halogens is 3. The molecular weight excluding hydrogens is 369 g/mol. The number of ether oxygens (including phenoxy) is 1. The van der Waals surface area contributed by atoms with E-state index in [4.69, 9.17) is 4.74 Å². The highest BCUT2D eigenvalue weighted by molar-refractivity contribution is 5.59. The van der Waals surface area contributed by atoms with Crippen LogP contribution >= 0.6 is 0 Å². The minimum absolute atomic E-state index is 0.0466. The fourth-order valence-electron chi connectivity index (χ4n) is 4.11. The lowest BCUT2D eigenvalue weighted by molar-refractivity contribution is -0.137. The maximum Gasteiger partial charge on any atom is 0.416 e. The topological polar surface area (TPSA) is 44.4 Å². The Hall–Kier alpha value is -1.90. The number of hydrogen-bond acceptors (Lipinski definition) is 4. The molecule has 2 aliphatic rings. The van der Waals surface area contributed by atoms with E-state index >= 15 is 0 Å². The van der Waals surface area contributed by atoms with Gasteiger partial charge in [0, 0.05) is 12.6 Å². The molecule has 2 aromatic rings. The monoisotopic (exact) mass is 394 g/mol. The number of piperidine rings is 1. The van der Waals surface area contributed by atoms with Gasteiger partial charge in [-0.15, -0.1) is 0 Å². The first-order valence-electron chi connectivity index (χ1n) is 9.66. The third kappa shape index (κ3) is 4.09. The number of nitrogens with zero attached hydrogens (tertiary/aromatic N) is 3. The molecule has 4 rings (SSSR count). The largest absolute Gasteiger partial charge is 0.416 e. The molecule has 1 atom stereocenters. The van der Waals surface area contributed by atoms with Crippen molar-refractivity contribution in [3.63, 3.8) is 0 Å². The zero-order valence-corrected chi connectivity index (χ0v) is 15.9. The number of hydrogen-bond donors (Lipinski definition) is 1. The Labute approximate surface area is 162 Å². The maximum atomic E-state index is 12.8. The van der Waals surface area contributed by atoms with Gasteiger partial charge in [0.2, 0.25) is 0 Å². The molecule has 2 saturated heterocycles. The summed E-state index contributed by atoms with van der Waals surface area (Å²) in [7, 11) is 2.15. The molecule has 152 valence electrons. The Morgan fingerprint density at radius 2 is 1.82 bits per heavy atom. The van der Waals surface area contributed by atoms with Crippen LogP contribution < -0.4 is 0 Å². The van der Waals surface area contributed by atoms with Gasteiger partial charge in [-0.1, -0.05) is 12.1 Å². The molecule has 5 nitrogen and oxygen atoms in total. The fourth-order valence-corrected chi connectivity index (χ4v) is 4.11. The second kappa shape index (κ2) is 7.85. The lowest BCUT2D eigenvalue weighted by atomic mass is 10.0. The SMILES string of the molecule is CN1CCC(N2CCOCC2c2ncc(-c3ccc(C(F)(F)F)cc3)[nH]2)CC1. The summed E-state index contributed by atoms with van der Waals surface area (Å²) in [5.74, 6) is 0.813. The molecule has 2 aliphatic heterocycles. The predicted octanol–water partition coefficient (Wildman–Crippen LogP) is 3.56. The predicted molar refractivity (Wildman–Crippen MR) is 99.8 cm³/mol. The van der Waals surface area contributed by atoms with Gasteiger partial charge in [-0.2, -0.15) is 13.2 Å². The third-order valence-electron chi connectivity index (χ3n) is 5.76. The number of benzene rings is 1. The number of imidazole rings is 1. The molecule has 0 saturated carbocycles. The number of alkyl halides is 3. The first kappa shape index (κ1) is 19.4. The molecule has 1 unspecified atom stereocenters. The number of nitrogens with one attached hydrogen (secondary N) is 1. The lowest BCUT2D eigenvalue weighted by Crippen LogP contribution is -2.50. The Kier molecular flexibility index (Phi) is 5.44. The minimum atomic E-state index is -4.33. The molecule has 1 aromatic heterocycles. The number of likely N-dealkylation sites (tertiary alicyclic amines) is 1. The summed E-state index contributed by atoms with van der Waals surface area (Å²) in [4.78, 5) is 12.7. The zero-order chi connectivity index (χ0) is 19.7. The Morgan fingerprint density at radius 3 is 2.50 bits per heavy atom. The Bertz CT molecular complexity index is 781. The molecule has 0 amide bonds. The van der Waals surface area contributed by atoms with E-state index in [1.807, 2.05) is 0 Å². The smallest absolute Gasteiger partial charge is 0.378 e. The summed E-state index contributed by atoms with van der Waals surface area (Å²) in [5, 5.41) is 0. The van der Waals surface area contributed by atoms with Gasteiger partial charge in [0.25, 0.3) is 0 Å². The molecule has 0 aliphatic carbocycles. The molecule has 28 heavy (non-hydrogen) atoms. The second-order valence-electron chi connectivity index (χ2n) is 7.62. The highest BCUT2D eigenvalue weighted by atomic mass is 19.4. The summed E-state index contributed by atoms with van der Waals surface area (Å²) >= 11 is 0. The van der Waals surface area contributed by atoms with Crippen LogP contribution in [0.3, 0.4) is 0 Å². The average molecular weight is 394 g/mol. The number of H-pyrrole nitrogens is 1. The highest BCUT2D eigenvalue weighted by Crippen LogP contribution is 2.32. The molecule has 8 heteroatoms. The second-order valence-corrected chi connectivity index (χ2v) is 7.62. The summed E-state index contributed by atoms with van der Waals surface area (Å²) in [6.45, 7) is 4.34. The fraction of sp³-hybridized carbons (Fsp3) is 0.550. The van der Waals surface area contributed by atoms with Crippen LogP contribution in [0.25, 0.3) is 11.3 Å².